The first kappa shape index (κ1) is 27.6. The summed E-state index contributed by atoms with van der Waals surface area (Å²) in [7, 11) is 0. The zero-order valence-corrected chi connectivity index (χ0v) is 21.7. The first-order chi connectivity index (χ1) is 15.2. The summed E-state index contributed by atoms with van der Waals surface area (Å²) in [5.41, 5.74) is 1.39. The zero-order valence-electron chi connectivity index (χ0n) is 21.7. The van der Waals surface area contributed by atoms with Crippen LogP contribution >= 0.6 is 0 Å². The lowest BCUT2D eigenvalue weighted by Crippen LogP contribution is -2.38. The number of hydrogen-bond donors (Lipinski definition) is 2. The Balaban J connectivity index is 1.73. The van der Waals surface area contributed by atoms with Crippen LogP contribution < -0.4 is 0 Å². The Morgan fingerprint density at radius 2 is 1.88 bits per heavy atom. The van der Waals surface area contributed by atoms with Crippen LogP contribution in [0.25, 0.3) is 0 Å². The number of fused-ring (bicyclic) bond motifs is 1. The van der Waals surface area contributed by atoms with Crippen LogP contribution in [-0.2, 0) is 4.74 Å². The van der Waals surface area contributed by atoms with Crippen molar-refractivity contribution >= 4 is 0 Å². The van der Waals surface area contributed by atoms with Crippen molar-refractivity contribution in [3.05, 3.63) is 23.8 Å². The van der Waals surface area contributed by atoms with Gasteiger partial charge in [-0.05, 0) is 76.7 Å². The van der Waals surface area contributed by atoms with E-state index in [2.05, 4.69) is 58.6 Å². The van der Waals surface area contributed by atoms with E-state index in [0.29, 0.717) is 29.8 Å². The lowest BCUT2D eigenvalue weighted by molar-refractivity contribution is 0.115. The Bertz CT molecular complexity index is 577. The van der Waals surface area contributed by atoms with Crippen LogP contribution in [0.15, 0.2) is 23.8 Å². The zero-order chi connectivity index (χ0) is 23.7. The van der Waals surface area contributed by atoms with Crippen LogP contribution in [0.5, 0.6) is 0 Å². The van der Waals surface area contributed by atoms with Crippen LogP contribution in [-0.4, -0.2) is 59.2 Å². The standard InChI is InChI=1S/C28H51NO3/c1-7-8-10-22(6)15-25(30)11-12-26-27-17-23(16-24(27)18-28(26)31)19-32-14-9-13-29(20(2)3)21(4)5/h11-12,16,20-22,24-28,30-31H,7-10,13-15,17-19H2,1-6H3/b12-11+/t22-,24-,25+,26+,27-,28+/m0/s1. The SMILES string of the molecule is CCCC[C@H](C)C[C@H](O)/C=C/[C@@H]1[C@H]2CC(COCCCN(C(C)C)C(C)C)=C[C@H]2C[C@H]1O. The highest BCUT2D eigenvalue weighted by atomic mass is 16.5. The second-order valence-electron chi connectivity index (χ2n) is 11.0. The van der Waals surface area contributed by atoms with Gasteiger partial charge in [0.05, 0.1) is 18.8 Å². The number of aliphatic hydroxyl groups is 2. The van der Waals surface area contributed by atoms with Crippen LogP contribution in [0.4, 0.5) is 0 Å². The molecule has 0 aromatic carbocycles. The summed E-state index contributed by atoms with van der Waals surface area (Å²) in [5.74, 6) is 1.61. The average molecular weight is 450 g/mol. The molecule has 4 heteroatoms. The van der Waals surface area contributed by atoms with Gasteiger partial charge in [-0.2, -0.15) is 0 Å². The van der Waals surface area contributed by atoms with Gasteiger partial charge in [-0.1, -0.05) is 51.3 Å². The molecule has 1 fully saturated rings. The highest BCUT2D eigenvalue weighted by Gasteiger charge is 2.43. The van der Waals surface area contributed by atoms with Crippen LogP contribution in [0.3, 0.4) is 0 Å². The summed E-state index contributed by atoms with van der Waals surface area (Å²) in [4.78, 5) is 2.51. The molecule has 32 heavy (non-hydrogen) atoms. The molecule has 0 radical (unpaired) electrons. The predicted octanol–water partition coefficient (Wildman–Crippen LogP) is 5.59. The number of hydrogen-bond acceptors (Lipinski definition) is 4. The first-order valence-electron chi connectivity index (χ1n) is 13.3. The molecule has 0 aromatic rings. The van der Waals surface area contributed by atoms with Gasteiger partial charge in [0.15, 0.2) is 0 Å². The molecule has 1 saturated carbocycles. The largest absolute Gasteiger partial charge is 0.392 e. The maximum absolute atomic E-state index is 10.6. The Morgan fingerprint density at radius 1 is 1.16 bits per heavy atom. The van der Waals surface area contributed by atoms with Gasteiger partial charge in [0.1, 0.15) is 0 Å². The third kappa shape index (κ3) is 8.59. The van der Waals surface area contributed by atoms with Gasteiger partial charge in [-0.15, -0.1) is 0 Å². The quantitative estimate of drug-likeness (QED) is 0.253. The van der Waals surface area contributed by atoms with Gasteiger partial charge >= 0.3 is 0 Å². The molecular weight excluding hydrogens is 398 g/mol. The highest BCUT2D eigenvalue weighted by Crippen LogP contribution is 2.47. The number of unbranched alkanes of at least 4 members (excludes halogenated alkanes) is 1. The summed E-state index contributed by atoms with van der Waals surface area (Å²) in [6, 6.07) is 1.14. The highest BCUT2D eigenvalue weighted by molar-refractivity contribution is 5.21. The van der Waals surface area contributed by atoms with Gasteiger partial charge in [0, 0.05) is 31.2 Å². The van der Waals surface area contributed by atoms with Crippen molar-refractivity contribution in [1.29, 1.82) is 0 Å². The third-order valence-corrected chi connectivity index (χ3v) is 7.52. The molecule has 2 rings (SSSR count). The Labute approximate surface area is 198 Å². The van der Waals surface area contributed by atoms with Crippen molar-refractivity contribution in [2.45, 2.75) is 111 Å². The molecule has 2 N–H and O–H groups in total. The van der Waals surface area contributed by atoms with Crippen molar-refractivity contribution < 1.29 is 14.9 Å². The second-order valence-corrected chi connectivity index (χ2v) is 11.0. The van der Waals surface area contributed by atoms with Crippen LogP contribution in [0.2, 0.25) is 0 Å². The Hall–Kier alpha value is -0.680. The van der Waals surface area contributed by atoms with Gasteiger partial charge in [0.25, 0.3) is 0 Å². The summed E-state index contributed by atoms with van der Waals surface area (Å²) in [5, 5.41) is 21.0. The van der Waals surface area contributed by atoms with E-state index in [1.165, 1.54) is 24.8 Å². The van der Waals surface area contributed by atoms with E-state index < -0.39 is 6.10 Å². The number of allylic oxidation sites excluding steroid dienone is 1. The lowest BCUT2D eigenvalue weighted by Gasteiger charge is -2.30. The summed E-state index contributed by atoms with van der Waals surface area (Å²) >= 11 is 0. The number of ether oxygens (including phenoxy) is 1. The van der Waals surface area contributed by atoms with Crippen LogP contribution in [0.1, 0.15) is 86.5 Å². The summed E-state index contributed by atoms with van der Waals surface area (Å²) in [6.07, 6.45) is 13.1. The summed E-state index contributed by atoms with van der Waals surface area (Å²) in [6.45, 7) is 16.1. The van der Waals surface area contributed by atoms with E-state index in [9.17, 15) is 10.2 Å². The molecular formula is C28H51NO3. The number of rotatable bonds is 15. The van der Waals surface area contributed by atoms with Gasteiger partial charge in [0.2, 0.25) is 0 Å². The monoisotopic (exact) mass is 449 g/mol. The van der Waals surface area contributed by atoms with Crippen molar-refractivity contribution in [1.82, 2.24) is 4.90 Å². The predicted molar refractivity (Wildman–Crippen MR) is 135 cm³/mol. The van der Waals surface area contributed by atoms with E-state index in [1.54, 1.807) is 0 Å². The van der Waals surface area contributed by atoms with Crippen LogP contribution in [0, 0.1) is 23.7 Å². The fraction of sp³-hybridized carbons (Fsp3) is 0.857. The van der Waals surface area contributed by atoms with E-state index in [1.807, 2.05) is 6.08 Å². The molecule has 2 aliphatic carbocycles. The lowest BCUT2D eigenvalue weighted by atomic mass is 9.88. The normalized spacial score (nSPS) is 27.7. The third-order valence-electron chi connectivity index (χ3n) is 7.52. The maximum atomic E-state index is 10.6. The van der Waals surface area contributed by atoms with Crippen molar-refractivity contribution in [3.8, 4) is 0 Å². The van der Waals surface area contributed by atoms with Crippen molar-refractivity contribution in [2.24, 2.45) is 23.7 Å². The fourth-order valence-electron chi connectivity index (χ4n) is 5.80. The smallest absolute Gasteiger partial charge is 0.0723 e. The molecule has 0 saturated heterocycles. The second kappa shape index (κ2) is 13.9. The van der Waals surface area contributed by atoms with Gasteiger partial charge in [-0.25, -0.2) is 0 Å². The molecule has 0 spiro atoms. The minimum Gasteiger partial charge on any atom is -0.392 e. The molecule has 2 aliphatic rings. The van der Waals surface area contributed by atoms with E-state index >= 15 is 0 Å². The minimum atomic E-state index is -0.401. The molecule has 6 atom stereocenters. The molecule has 186 valence electrons. The Morgan fingerprint density at radius 3 is 2.53 bits per heavy atom. The summed E-state index contributed by atoms with van der Waals surface area (Å²) < 4.78 is 6.01. The van der Waals surface area contributed by atoms with E-state index in [4.69, 9.17) is 4.74 Å². The van der Waals surface area contributed by atoms with E-state index in [0.717, 1.165) is 45.4 Å². The molecule has 0 aromatic heterocycles. The molecule has 0 heterocycles. The first-order valence-corrected chi connectivity index (χ1v) is 13.3. The van der Waals surface area contributed by atoms with Crippen molar-refractivity contribution in [3.63, 3.8) is 0 Å². The molecule has 0 bridgehead atoms. The van der Waals surface area contributed by atoms with Gasteiger partial charge in [-0.3, -0.25) is 4.90 Å². The minimum absolute atomic E-state index is 0.153. The topological polar surface area (TPSA) is 52.9 Å². The Kier molecular flexibility index (Phi) is 12.0. The molecule has 4 nitrogen and oxygen atoms in total. The number of aliphatic hydroxyl groups excluding tert-OH is 2. The maximum Gasteiger partial charge on any atom is 0.0723 e. The van der Waals surface area contributed by atoms with Crippen molar-refractivity contribution in [2.75, 3.05) is 19.8 Å². The molecule has 0 aliphatic heterocycles. The fourth-order valence-corrected chi connectivity index (χ4v) is 5.80. The van der Waals surface area contributed by atoms with Gasteiger partial charge < -0.3 is 14.9 Å². The van der Waals surface area contributed by atoms with E-state index in [-0.39, 0.29) is 12.0 Å². The average Bonchev–Trinajstić information content (AvgIpc) is 3.23. The molecule has 0 unspecified atom stereocenters. The number of nitrogens with zero attached hydrogens (tertiary/aromatic N) is 1. The molecule has 0 amide bonds.